The minimum Gasteiger partial charge on any atom is -0.498 e. The predicted octanol–water partition coefficient (Wildman–Crippen LogP) is 3.10. The number of nitrogens with zero attached hydrogens (tertiary/aromatic N) is 1. The van der Waals surface area contributed by atoms with E-state index in [4.69, 9.17) is 0 Å². The first-order valence-electron chi connectivity index (χ1n) is 4.23. The average Bonchev–Trinajstić information content (AvgIpc) is 2.09. The van der Waals surface area contributed by atoms with Crippen molar-refractivity contribution in [3.8, 4) is 6.07 Å². The minimum atomic E-state index is 0.840. The highest BCUT2D eigenvalue weighted by atomic mass is 16.4. The van der Waals surface area contributed by atoms with Gasteiger partial charge in [-0.2, -0.15) is 0 Å². The third-order valence-corrected chi connectivity index (χ3v) is 2.52. The summed E-state index contributed by atoms with van der Waals surface area (Å²) in [6.07, 6.45) is 0. The molecule has 0 saturated heterocycles. The molecule has 0 aliphatic heterocycles. The fourth-order valence-electron chi connectivity index (χ4n) is 1.43. The fraction of sp³-hybridized carbons (Fsp3) is 0.364. The molecule has 2 heteroatoms. The van der Waals surface area contributed by atoms with Crippen molar-refractivity contribution in [1.82, 2.24) is 0 Å². The van der Waals surface area contributed by atoms with Crippen LogP contribution in [0.2, 0.25) is 0 Å². The van der Waals surface area contributed by atoms with Crippen molar-refractivity contribution in [3.63, 3.8) is 0 Å². The van der Waals surface area contributed by atoms with Gasteiger partial charge in [0, 0.05) is 5.01 Å². The second-order valence-electron chi connectivity index (χ2n) is 3.34. The molecule has 1 rings (SSSR count). The molecule has 0 spiro atoms. The number of hydrogen-bond donors (Lipinski definition) is 0. The van der Waals surface area contributed by atoms with Crippen molar-refractivity contribution in [2.24, 2.45) is 0 Å². The molecule has 0 aliphatic carbocycles. The lowest BCUT2D eigenvalue weighted by Crippen LogP contribution is -1.94. The molecule has 0 bridgehead atoms. The van der Waals surface area contributed by atoms with E-state index < -0.39 is 0 Å². The molecule has 0 aliphatic rings. The molecule has 0 radical (unpaired) electrons. The van der Waals surface area contributed by atoms with Crippen LogP contribution in [0.1, 0.15) is 27.8 Å². The zero-order valence-corrected chi connectivity index (χ0v) is 8.43. The highest BCUT2D eigenvalue weighted by Crippen LogP contribution is 2.20. The van der Waals surface area contributed by atoms with E-state index in [2.05, 4.69) is 17.1 Å². The largest absolute Gasteiger partial charge is 0.498 e. The Hall–Kier alpha value is -1.49. The smallest absolute Gasteiger partial charge is 0.337 e. The molecule has 1 aromatic rings. The van der Waals surface area contributed by atoms with E-state index in [0.717, 1.165) is 16.7 Å². The summed E-state index contributed by atoms with van der Waals surface area (Å²) >= 11 is 0. The maximum Gasteiger partial charge on any atom is 0.337 e. The van der Waals surface area contributed by atoms with Crippen LogP contribution in [0.3, 0.4) is 0 Å². The lowest BCUT2D eigenvalue weighted by atomic mass is 9.95. The second kappa shape index (κ2) is 3.49. The summed E-state index contributed by atoms with van der Waals surface area (Å²) in [7, 11) is 0. The maximum atomic E-state index is 10.1. The van der Waals surface area contributed by atoms with Crippen LogP contribution >= 0.6 is 0 Å². The molecule has 0 heterocycles. The summed E-state index contributed by atoms with van der Waals surface area (Å²) in [5.74, 6) is 0. The zero-order valence-electron chi connectivity index (χ0n) is 8.43. The van der Waals surface area contributed by atoms with Crippen LogP contribution in [0.5, 0.6) is 0 Å². The normalized spacial score (nSPS) is 9.23. The van der Waals surface area contributed by atoms with E-state index in [1.807, 2.05) is 27.7 Å². The molecule has 2 nitrogen and oxygen atoms in total. The minimum absolute atomic E-state index is 0.840. The number of benzene rings is 1. The van der Waals surface area contributed by atoms with Crippen LogP contribution in [-0.4, -0.2) is 0 Å². The van der Waals surface area contributed by atoms with E-state index in [9.17, 15) is 5.21 Å². The highest BCUT2D eigenvalue weighted by Gasteiger charge is 2.09. The first-order valence-corrected chi connectivity index (χ1v) is 4.23. The van der Waals surface area contributed by atoms with Crippen molar-refractivity contribution < 1.29 is 0 Å². The summed E-state index contributed by atoms with van der Waals surface area (Å²) in [6.45, 7) is 8.01. The Labute approximate surface area is 78.6 Å². The summed E-state index contributed by atoms with van der Waals surface area (Å²) in [5.41, 5.74) is 5.36. The number of hydrogen-bond acceptors (Lipinski definition) is 1. The molecule has 0 saturated carbocycles. The van der Waals surface area contributed by atoms with Gasteiger partial charge in [0.1, 0.15) is 5.56 Å². The van der Waals surface area contributed by atoms with Gasteiger partial charge in [0.2, 0.25) is 0 Å². The lowest BCUT2D eigenvalue weighted by Gasteiger charge is -2.07. The van der Waals surface area contributed by atoms with Gasteiger partial charge in [0.25, 0.3) is 0 Å². The van der Waals surface area contributed by atoms with Gasteiger partial charge < -0.3 is 5.21 Å². The molecular formula is C11H13NO. The van der Waals surface area contributed by atoms with Crippen LogP contribution < -0.4 is 0 Å². The highest BCUT2D eigenvalue weighted by molar-refractivity contribution is 5.51. The average molecular weight is 175 g/mol. The Kier molecular flexibility index (Phi) is 2.57. The Balaban J connectivity index is 3.52. The van der Waals surface area contributed by atoms with E-state index in [-0.39, 0.29) is 0 Å². The zero-order chi connectivity index (χ0) is 10.0. The third kappa shape index (κ3) is 1.65. The summed E-state index contributed by atoms with van der Waals surface area (Å²) in [6, 6.07) is 4.61. The summed E-state index contributed by atoms with van der Waals surface area (Å²) < 4.78 is 0. The fourth-order valence-corrected chi connectivity index (χ4v) is 1.43. The molecule has 0 amide bonds. The van der Waals surface area contributed by atoms with Crippen LogP contribution in [0.4, 0.5) is 0 Å². The van der Waals surface area contributed by atoms with Crippen LogP contribution in [0, 0.1) is 39.0 Å². The van der Waals surface area contributed by atoms with E-state index in [1.165, 1.54) is 11.1 Å². The molecular weight excluding hydrogens is 162 g/mol. The first kappa shape index (κ1) is 9.60. The van der Waals surface area contributed by atoms with Gasteiger partial charge in [-0.3, -0.25) is 0 Å². The first-order chi connectivity index (χ1) is 6.07. The van der Waals surface area contributed by atoms with Crippen LogP contribution in [-0.2, 0) is 0 Å². The van der Waals surface area contributed by atoms with Gasteiger partial charge in [0.15, 0.2) is 0 Å². The Bertz CT molecular complexity index is 371. The van der Waals surface area contributed by atoms with Crippen molar-refractivity contribution in [3.05, 3.63) is 44.1 Å². The van der Waals surface area contributed by atoms with Gasteiger partial charge in [-0.25, -0.2) is 0 Å². The van der Waals surface area contributed by atoms with Crippen molar-refractivity contribution >= 4 is 0 Å². The molecule has 0 fully saturated rings. The van der Waals surface area contributed by atoms with E-state index in [0.29, 0.717) is 0 Å². The molecule has 13 heavy (non-hydrogen) atoms. The van der Waals surface area contributed by atoms with Gasteiger partial charge in [-0.15, -0.1) is 0 Å². The molecule has 1 aromatic carbocycles. The maximum absolute atomic E-state index is 10.1. The predicted molar refractivity (Wildman–Crippen MR) is 55.1 cm³/mol. The monoisotopic (exact) mass is 175 g/mol. The Morgan fingerprint density at radius 3 is 1.92 bits per heavy atom. The summed E-state index contributed by atoms with van der Waals surface area (Å²) in [5, 5.41) is 12.9. The quantitative estimate of drug-likeness (QED) is 0.557. The van der Waals surface area contributed by atoms with Gasteiger partial charge in [-0.05, 0) is 49.9 Å². The van der Waals surface area contributed by atoms with Crippen LogP contribution in [0.25, 0.3) is 5.01 Å². The van der Waals surface area contributed by atoms with Crippen molar-refractivity contribution in [2.45, 2.75) is 27.7 Å². The molecule has 0 unspecified atom stereocenters. The SMILES string of the molecule is Cc1cc(C)c(C)c(C#[N+][O-])c1C. The topological polar surface area (TPSA) is 27.4 Å². The molecule has 68 valence electrons. The van der Waals surface area contributed by atoms with Crippen LogP contribution in [0.15, 0.2) is 6.07 Å². The molecule has 0 atom stereocenters. The lowest BCUT2D eigenvalue weighted by molar-refractivity contribution is 1.22. The number of aryl methyl sites for hydroxylation is 2. The Morgan fingerprint density at radius 2 is 1.54 bits per heavy atom. The Morgan fingerprint density at radius 1 is 1.08 bits per heavy atom. The molecule has 0 aromatic heterocycles. The van der Waals surface area contributed by atoms with Crippen molar-refractivity contribution in [1.29, 1.82) is 0 Å². The number of rotatable bonds is 0. The molecule has 0 N–H and O–H groups in total. The second-order valence-corrected chi connectivity index (χ2v) is 3.34. The van der Waals surface area contributed by atoms with Crippen molar-refractivity contribution in [2.75, 3.05) is 0 Å². The van der Waals surface area contributed by atoms with Gasteiger partial charge in [0.05, 0.1) is 0 Å². The summed E-state index contributed by atoms with van der Waals surface area (Å²) in [4.78, 5) is 0. The van der Waals surface area contributed by atoms with E-state index >= 15 is 0 Å². The van der Waals surface area contributed by atoms with Gasteiger partial charge in [-0.1, -0.05) is 6.07 Å². The third-order valence-electron chi connectivity index (χ3n) is 2.52. The van der Waals surface area contributed by atoms with Gasteiger partial charge >= 0.3 is 6.07 Å². The van der Waals surface area contributed by atoms with E-state index in [1.54, 1.807) is 0 Å². The standard InChI is InChI=1S/C11H13NO/c1-7-5-8(2)10(4)11(6-12-13)9(7)3/h5H,1-4H3.